The number of benzene rings is 1. The number of nitrogens with one attached hydrogen (secondary N) is 2. The van der Waals surface area contributed by atoms with Gasteiger partial charge in [-0.1, -0.05) is 30.2 Å². The quantitative estimate of drug-likeness (QED) is 0.385. The number of terminal acetylenes is 1. The van der Waals surface area contributed by atoms with Gasteiger partial charge in [0.1, 0.15) is 24.7 Å². The molecule has 0 aromatic heterocycles. The Hall–Kier alpha value is -3.54. The average molecular weight is 431 g/mol. The van der Waals surface area contributed by atoms with E-state index in [1.54, 1.807) is 39.8 Å². The Kier molecular flexibility index (Phi) is 9.06. The van der Waals surface area contributed by atoms with Gasteiger partial charge >= 0.3 is 12.1 Å². The first kappa shape index (κ1) is 25.5. The maximum Gasteiger partial charge on any atom is 0.408 e. The van der Waals surface area contributed by atoms with Crippen LogP contribution in [0.4, 0.5) is 4.79 Å². The zero-order chi connectivity index (χ0) is 23.8. The van der Waals surface area contributed by atoms with E-state index in [-0.39, 0.29) is 6.54 Å². The van der Waals surface area contributed by atoms with Crippen LogP contribution in [-0.4, -0.2) is 54.6 Å². The molecule has 0 heterocycles. The second kappa shape index (κ2) is 11.0. The van der Waals surface area contributed by atoms with Gasteiger partial charge in [-0.2, -0.15) is 0 Å². The van der Waals surface area contributed by atoms with Gasteiger partial charge < -0.3 is 20.1 Å². The minimum atomic E-state index is -1.22. The molecule has 1 aromatic rings. The highest BCUT2D eigenvalue weighted by Crippen LogP contribution is 2.25. The summed E-state index contributed by atoms with van der Waals surface area (Å²) < 4.78 is 9.63. The van der Waals surface area contributed by atoms with Gasteiger partial charge in [-0.25, -0.2) is 4.79 Å². The highest BCUT2D eigenvalue weighted by atomic mass is 16.6. The van der Waals surface area contributed by atoms with E-state index >= 15 is 0 Å². The van der Waals surface area contributed by atoms with Gasteiger partial charge in [0.05, 0.1) is 7.11 Å². The van der Waals surface area contributed by atoms with Crippen LogP contribution in [0, 0.1) is 26.3 Å². The van der Waals surface area contributed by atoms with Crippen LogP contribution in [0.5, 0.6) is 0 Å². The fourth-order valence-corrected chi connectivity index (χ4v) is 2.70. The lowest BCUT2D eigenvalue weighted by Gasteiger charge is -2.28. The van der Waals surface area contributed by atoms with Crippen LogP contribution < -0.4 is 10.6 Å². The molecule has 2 N–H and O–H groups in total. The topological polar surface area (TPSA) is 114 Å². The van der Waals surface area contributed by atoms with Gasteiger partial charge in [-0.05, 0) is 45.7 Å². The van der Waals surface area contributed by atoms with Crippen molar-refractivity contribution >= 4 is 23.9 Å². The Morgan fingerprint density at radius 2 is 1.77 bits per heavy atom. The molecule has 0 aliphatic carbocycles. The number of hydrogen-bond acceptors (Lipinski definition) is 6. The molecule has 1 aromatic carbocycles. The lowest BCUT2D eigenvalue weighted by Crippen LogP contribution is -2.46. The van der Waals surface area contributed by atoms with Crippen molar-refractivity contribution in [1.82, 2.24) is 15.5 Å². The molecule has 0 aliphatic heterocycles. The summed E-state index contributed by atoms with van der Waals surface area (Å²) in [5.41, 5.74) is 1.43. The van der Waals surface area contributed by atoms with Crippen molar-refractivity contribution in [3.8, 4) is 12.5 Å². The number of carbonyl (C=O) groups is 4. The molecular weight excluding hydrogens is 402 g/mol. The van der Waals surface area contributed by atoms with Crippen molar-refractivity contribution in [2.24, 2.45) is 0 Å². The normalized spacial score (nSPS) is 11.5. The van der Waals surface area contributed by atoms with Crippen LogP contribution in [0.25, 0.3) is 0 Å². The van der Waals surface area contributed by atoms with Crippen molar-refractivity contribution in [3.05, 3.63) is 34.9 Å². The number of amides is 3. The van der Waals surface area contributed by atoms with Crippen LogP contribution in [0.1, 0.15) is 43.5 Å². The number of esters is 1. The maximum absolute atomic E-state index is 12.9. The first-order valence-corrected chi connectivity index (χ1v) is 9.56. The standard InChI is InChI=1S/C22H29N3O6/c1-8-25(17(26)12-24-21(29)31-22(4,5)6)19(20(28)23-13-18(27)30-7)16-10-9-14(2)11-15(16)3/h1,9-11,19H,12-13H2,2-7H3,(H,23,28)(H,24,29). The zero-order valence-corrected chi connectivity index (χ0v) is 18.7. The van der Waals surface area contributed by atoms with E-state index in [1.807, 2.05) is 13.0 Å². The minimum Gasteiger partial charge on any atom is -0.468 e. The van der Waals surface area contributed by atoms with Crippen molar-refractivity contribution in [1.29, 1.82) is 0 Å². The van der Waals surface area contributed by atoms with Crippen LogP contribution in [0.3, 0.4) is 0 Å². The van der Waals surface area contributed by atoms with E-state index in [1.165, 1.54) is 7.11 Å². The second-order valence-electron chi connectivity index (χ2n) is 7.80. The van der Waals surface area contributed by atoms with Gasteiger partial charge in [-0.15, -0.1) is 0 Å². The number of carbonyl (C=O) groups excluding carboxylic acids is 4. The number of aryl methyl sites for hydroxylation is 2. The van der Waals surface area contributed by atoms with Crippen molar-refractivity contribution in [2.75, 3.05) is 20.2 Å². The number of ether oxygens (including phenoxy) is 2. The first-order valence-electron chi connectivity index (χ1n) is 9.56. The van der Waals surface area contributed by atoms with Gasteiger partial charge in [0.2, 0.25) is 5.91 Å². The molecule has 9 nitrogen and oxygen atoms in total. The summed E-state index contributed by atoms with van der Waals surface area (Å²) in [4.78, 5) is 49.9. The molecule has 9 heteroatoms. The van der Waals surface area contributed by atoms with Gasteiger partial charge in [-0.3, -0.25) is 19.3 Å². The number of nitrogens with zero attached hydrogens (tertiary/aromatic N) is 1. The summed E-state index contributed by atoms with van der Waals surface area (Å²) in [6.07, 6.45) is 4.76. The van der Waals surface area contributed by atoms with Gasteiger partial charge in [0, 0.05) is 6.04 Å². The molecule has 0 bridgehead atoms. The SMILES string of the molecule is C#CN(C(=O)CNC(=O)OC(C)(C)C)C(C(=O)NCC(=O)OC)c1ccc(C)cc1C. The van der Waals surface area contributed by atoms with Gasteiger partial charge in [0.15, 0.2) is 0 Å². The fraction of sp³-hybridized carbons (Fsp3) is 0.455. The Bertz CT molecular complexity index is 882. The molecule has 3 amide bonds. The summed E-state index contributed by atoms with van der Waals surface area (Å²) in [6.45, 7) is 7.85. The molecule has 168 valence electrons. The van der Waals surface area contributed by atoms with Crippen LogP contribution in [0.15, 0.2) is 18.2 Å². The smallest absolute Gasteiger partial charge is 0.408 e. The van der Waals surface area contributed by atoms with E-state index in [0.717, 1.165) is 16.0 Å². The number of hydrogen-bond donors (Lipinski definition) is 2. The number of methoxy groups -OCH3 is 1. The average Bonchev–Trinajstić information content (AvgIpc) is 2.67. The van der Waals surface area contributed by atoms with Crippen molar-refractivity contribution in [3.63, 3.8) is 0 Å². The Morgan fingerprint density at radius 1 is 1.13 bits per heavy atom. The maximum atomic E-state index is 12.9. The zero-order valence-electron chi connectivity index (χ0n) is 18.7. The molecule has 0 saturated heterocycles. The molecule has 0 radical (unpaired) electrons. The summed E-state index contributed by atoms with van der Waals surface area (Å²) in [5.74, 6) is -2.02. The van der Waals surface area contributed by atoms with E-state index in [0.29, 0.717) is 5.56 Å². The van der Waals surface area contributed by atoms with Crippen LogP contribution in [-0.2, 0) is 23.9 Å². The van der Waals surface area contributed by atoms with E-state index < -0.39 is 42.1 Å². The Labute approximate surface area is 182 Å². The largest absolute Gasteiger partial charge is 0.468 e. The van der Waals surface area contributed by atoms with Crippen LogP contribution in [0.2, 0.25) is 0 Å². The van der Waals surface area contributed by atoms with Crippen molar-refractivity contribution < 1.29 is 28.7 Å². The Morgan fingerprint density at radius 3 is 2.29 bits per heavy atom. The third-order valence-corrected chi connectivity index (χ3v) is 4.05. The molecule has 0 aliphatic rings. The molecule has 0 fully saturated rings. The van der Waals surface area contributed by atoms with Crippen LogP contribution >= 0.6 is 0 Å². The molecule has 0 spiro atoms. The highest BCUT2D eigenvalue weighted by Gasteiger charge is 2.32. The predicted octanol–water partition coefficient (Wildman–Crippen LogP) is 1.58. The molecule has 0 saturated carbocycles. The van der Waals surface area contributed by atoms with E-state index in [4.69, 9.17) is 11.2 Å². The molecule has 31 heavy (non-hydrogen) atoms. The molecule has 1 atom stereocenters. The number of alkyl carbamates (subject to hydrolysis) is 1. The predicted molar refractivity (Wildman–Crippen MR) is 114 cm³/mol. The number of rotatable bonds is 7. The second-order valence-corrected chi connectivity index (χ2v) is 7.80. The molecule has 1 rings (SSSR count). The van der Waals surface area contributed by atoms with Gasteiger partial charge in [0.25, 0.3) is 5.91 Å². The molecule has 1 unspecified atom stereocenters. The fourth-order valence-electron chi connectivity index (χ4n) is 2.70. The lowest BCUT2D eigenvalue weighted by molar-refractivity contribution is -0.142. The highest BCUT2D eigenvalue weighted by molar-refractivity contribution is 5.93. The monoisotopic (exact) mass is 431 g/mol. The van der Waals surface area contributed by atoms with Crippen molar-refractivity contribution in [2.45, 2.75) is 46.3 Å². The summed E-state index contributed by atoms with van der Waals surface area (Å²) in [7, 11) is 1.19. The van der Waals surface area contributed by atoms with E-state index in [2.05, 4.69) is 21.4 Å². The Balaban J connectivity index is 3.14. The summed E-state index contributed by atoms with van der Waals surface area (Å²) >= 11 is 0. The lowest BCUT2D eigenvalue weighted by atomic mass is 9.97. The third-order valence-electron chi connectivity index (χ3n) is 4.05. The minimum absolute atomic E-state index is 0.389. The van der Waals surface area contributed by atoms with E-state index in [9.17, 15) is 19.2 Å². The molecular formula is C22H29N3O6. The first-order chi connectivity index (χ1) is 14.4. The third kappa shape index (κ3) is 8.01. The summed E-state index contributed by atoms with van der Waals surface area (Å²) in [6, 6.07) is 6.30. The summed E-state index contributed by atoms with van der Waals surface area (Å²) in [5, 5.41) is 4.75.